The fourth-order valence-electron chi connectivity index (χ4n) is 6.68. The molecule has 2 aliphatic carbocycles. The first-order chi connectivity index (χ1) is 15.7. The highest BCUT2D eigenvalue weighted by Gasteiger charge is 2.30. The third-order valence-electron chi connectivity index (χ3n) is 9.01. The van der Waals surface area contributed by atoms with Crippen LogP contribution in [0.2, 0.25) is 0 Å². The number of aliphatic hydroxyl groups excluding tert-OH is 2. The maximum Gasteiger partial charge on any atom is 0.0521 e. The minimum absolute atomic E-state index is 0.0166. The van der Waals surface area contributed by atoms with Gasteiger partial charge in [-0.25, -0.2) is 0 Å². The molecule has 0 heterocycles. The summed E-state index contributed by atoms with van der Waals surface area (Å²) in [5.41, 5.74) is 3.96. The van der Waals surface area contributed by atoms with E-state index < -0.39 is 0 Å². The second kappa shape index (κ2) is 13.8. The summed E-state index contributed by atoms with van der Waals surface area (Å²) in [7, 11) is 0. The van der Waals surface area contributed by atoms with Crippen LogP contribution in [-0.4, -0.2) is 23.4 Å². The SMILES string of the molecule is CCCCCC1CCC(C2CCC(CCc3ccc(C(CO)CO)cc3CC)CC2)CC1. The van der Waals surface area contributed by atoms with Crippen LogP contribution >= 0.6 is 0 Å². The molecule has 0 spiro atoms. The lowest BCUT2D eigenvalue weighted by Gasteiger charge is -2.38. The molecule has 2 N–H and O–H groups in total. The molecule has 0 atom stereocenters. The third kappa shape index (κ3) is 7.32. The lowest BCUT2D eigenvalue weighted by molar-refractivity contribution is 0.140. The summed E-state index contributed by atoms with van der Waals surface area (Å²) in [6.45, 7) is 4.57. The number of unbranched alkanes of at least 4 members (excludes halogenated alkanes) is 2. The Kier molecular flexibility index (Phi) is 11.1. The smallest absolute Gasteiger partial charge is 0.0521 e. The number of benzene rings is 1. The van der Waals surface area contributed by atoms with Crippen LogP contribution < -0.4 is 0 Å². The lowest BCUT2D eigenvalue weighted by Crippen LogP contribution is -2.26. The van der Waals surface area contributed by atoms with E-state index in [-0.39, 0.29) is 19.1 Å². The minimum Gasteiger partial charge on any atom is -0.396 e. The molecule has 2 saturated carbocycles. The quantitative estimate of drug-likeness (QED) is 0.330. The van der Waals surface area contributed by atoms with Crippen molar-refractivity contribution >= 4 is 0 Å². The molecule has 0 aliphatic heterocycles. The largest absolute Gasteiger partial charge is 0.396 e. The maximum atomic E-state index is 9.50. The molecule has 0 bridgehead atoms. The minimum atomic E-state index is -0.143. The molecular weight excluding hydrogens is 392 g/mol. The fourth-order valence-corrected chi connectivity index (χ4v) is 6.68. The third-order valence-corrected chi connectivity index (χ3v) is 9.01. The number of aryl methyl sites for hydroxylation is 2. The van der Waals surface area contributed by atoms with Gasteiger partial charge in [0.1, 0.15) is 0 Å². The molecule has 182 valence electrons. The van der Waals surface area contributed by atoms with E-state index in [1.54, 1.807) is 0 Å². The van der Waals surface area contributed by atoms with Gasteiger partial charge in [-0.05, 0) is 85.3 Å². The van der Waals surface area contributed by atoms with Crippen molar-refractivity contribution in [1.29, 1.82) is 0 Å². The van der Waals surface area contributed by atoms with Gasteiger partial charge >= 0.3 is 0 Å². The van der Waals surface area contributed by atoms with Crippen LogP contribution in [0.3, 0.4) is 0 Å². The van der Waals surface area contributed by atoms with E-state index in [0.29, 0.717) is 0 Å². The van der Waals surface area contributed by atoms with Crippen LogP contribution in [0.5, 0.6) is 0 Å². The molecule has 32 heavy (non-hydrogen) atoms. The number of rotatable bonds is 12. The van der Waals surface area contributed by atoms with Crippen molar-refractivity contribution in [3.8, 4) is 0 Å². The van der Waals surface area contributed by atoms with Crippen molar-refractivity contribution < 1.29 is 10.2 Å². The van der Waals surface area contributed by atoms with Crippen molar-refractivity contribution in [3.63, 3.8) is 0 Å². The van der Waals surface area contributed by atoms with Crippen LogP contribution in [0.25, 0.3) is 0 Å². The zero-order chi connectivity index (χ0) is 22.8. The second-order valence-corrected chi connectivity index (χ2v) is 11.0. The highest BCUT2D eigenvalue weighted by Crippen LogP contribution is 2.43. The van der Waals surface area contributed by atoms with Gasteiger partial charge in [0, 0.05) is 5.92 Å². The monoisotopic (exact) mass is 442 g/mol. The average molecular weight is 443 g/mol. The summed E-state index contributed by atoms with van der Waals surface area (Å²) < 4.78 is 0. The van der Waals surface area contributed by atoms with Crippen LogP contribution in [0, 0.1) is 23.7 Å². The first-order valence-corrected chi connectivity index (χ1v) is 14.0. The predicted octanol–water partition coefficient (Wildman–Crippen LogP) is 7.44. The van der Waals surface area contributed by atoms with E-state index in [2.05, 4.69) is 32.0 Å². The van der Waals surface area contributed by atoms with Crippen LogP contribution in [-0.2, 0) is 12.8 Å². The van der Waals surface area contributed by atoms with Crippen LogP contribution in [0.15, 0.2) is 18.2 Å². The Labute approximate surface area is 198 Å². The van der Waals surface area contributed by atoms with Gasteiger partial charge in [-0.2, -0.15) is 0 Å². The molecule has 1 aromatic carbocycles. The summed E-state index contributed by atoms with van der Waals surface area (Å²) in [5, 5.41) is 19.0. The molecule has 2 heteroatoms. The summed E-state index contributed by atoms with van der Waals surface area (Å²) in [6.07, 6.45) is 21.2. The molecule has 0 saturated heterocycles. The van der Waals surface area contributed by atoms with Crippen molar-refractivity contribution in [2.24, 2.45) is 23.7 Å². The highest BCUT2D eigenvalue weighted by molar-refractivity contribution is 5.34. The first-order valence-electron chi connectivity index (χ1n) is 14.0. The van der Waals surface area contributed by atoms with E-state index in [4.69, 9.17) is 0 Å². The summed E-state index contributed by atoms with van der Waals surface area (Å²) in [6, 6.07) is 6.61. The Morgan fingerprint density at radius 1 is 0.750 bits per heavy atom. The molecular formula is C30H50O2. The van der Waals surface area contributed by atoms with Gasteiger partial charge in [-0.3, -0.25) is 0 Å². The van der Waals surface area contributed by atoms with Gasteiger partial charge in [0.05, 0.1) is 13.2 Å². The number of hydrogen-bond acceptors (Lipinski definition) is 2. The Balaban J connectivity index is 1.40. The molecule has 3 rings (SSSR count). The Hall–Kier alpha value is -0.860. The van der Waals surface area contributed by atoms with Gasteiger partial charge < -0.3 is 10.2 Å². The first kappa shape index (κ1) is 25.8. The van der Waals surface area contributed by atoms with E-state index >= 15 is 0 Å². The molecule has 2 nitrogen and oxygen atoms in total. The fraction of sp³-hybridized carbons (Fsp3) is 0.800. The second-order valence-electron chi connectivity index (χ2n) is 11.0. The zero-order valence-electron chi connectivity index (χ0n) is 21.0. The van der Waals surface area contributed by atoms with Crippen LogP contribution in [0.4, 0.5) is 0 Å². The lowest BCUT2D eigenvalue weighted by atomic mass is 9.68. The van der Waals surface area contributed by atoms with Crippen molar-refractivity contribution in [2.45, 2.75) is 116 Å². The van der Waals surface area contributed by atoms with E-state index in [1.807, 2.05) is 0 Å². The Morgan fingerprint density at radius 3 is 1.88 bits per heavy atom. The molecule has 1 aromatic rings. The van der Waals surface area contributed by atoms with E-state index in [1.165, 1.54) is 101 Å². The van der Waals surface area contributed by atoms with Gasteiger partial charge in [0.15, 0.2) is 0 Å². The van der Waals surface area contributed by atoms with Crippen molar-refractivity contribution in [3.05, 3.63) is 34.9 Å². The van der Waals surface area contributed by atoms with E-state index in [0.717, 1.165) is 35.7 Å². The van der Waals surface area contributed by atoms with Crippen molar-refractivity contribution in [1.82, 2.24) is 0 Å². The molecule has 2 fully saturated rings. The highest BCUT2D eigenvalue weighted by atomic mass is 16.3. The zero-order valence-corrected chi connectivity index (χ0v) is 21.0. The van der Waals surface area contributed by atoms with Crippen molar-refractivity contribution in [2.75, 3.05) is 13.2 Å². The van der Waals surface area contributed by atoms with Gasteiger partial charge in [0.2, 0.25) is 0 Å². The standard InChI is InChI=1S/C30H50O2/c1-3-5-6-7-23-8-14-27(15-9-23)28-16-11-24(12-17-28)10-13-26-18-19-29(20-25(26)4-2)30(21-31)22-32/h18-20,23-24,27-28,30-32H,3-17,21-22H2,1-2H3. The van der Waals surface area contributed by atoms with Gasteiger partial charge in [0.25, 0.3) is 0 Å². The van der Waals surface area contributed by atoms with Crippen LogP contribution in [0.1, 0.15) is 120 Å². The predicted molar refractivity (Wildman–Crippen MR) is 136 cm³/mol. The molecule has 0 unspecified atom stereocenters. The molecule has 0 amide bonds. The topological polar surface area (TPSA) is 40.5 Å². The normalized spacial score (nSPS) is 26.5. The van der Waals surface area contributed by atoms with Gasteiger partial charge in [-0.15, -0.1) is 0 Å². The summed E-state index contributed by atoms with van der Waals surface area (Å²) in [5.74, 6) is 3.85. The maximum absolute atomic E-state index is 9.50. The summed E-state index contributed by atoms with van der Waals surface area (Å²) >= 11 is 0. The number of hydrogen-bond donors (Lipinski definition) is 2. The number of aliphatic hydroxyl groups is 2. The Bertz CT molecular complexity index is 634. The summed E-state index contributed by atoms with van der Waals surface area (Å²) in [4.78, 5) is 0. The molecule has 0 aromatic heterocycles. The van der Waals surface area contributed by atoms with Gasteiger partial charge in [-0.1, -0.05) is 83.4 Å². The average Bonchev–Trinajstić information content (AvgIpc) is 2.85. The molecule has 0 radical (unpaired) electrons. The molecule has 2 aliphatic rings. The Morgan fingerprint density at radius 2 is 1.34 bits per heavy atom. The van der Waals surface area contributed by atoms with E-state index in [9.17, 15) is 10.2 Å².